The van der Waals surface area contributed by atoms with Gasteiger partial charge >= 0.3 is 11.9 Å². The predicted octanol–water partition coefficient (Wildman–Crippen LogP) is 1.07. The van der Waals surface area contributed by atoms with Gasteiger partial charge in [-0.05, 0) is 26.3 Å². The summed E-state index contributed by atoms with van der Waals surface area (Å²) in [5.41, 5.74) is 5.66. The Morgan fingerprint density at radius 2 is 1.88 bits per heavy atom. The predicted molar refractivity (Wildman–Crippen MR) is 91.9 cm³/mol. The summed E-state index contributed by atoms with van der Waals surface area (Å²) in [7, 11) is 0. The van der Waals surface area contributed by atoms with Crippen molar-refractivity contribution < 1.29 is 19.1 Å². The van der Waals surface area contributed by atoms with E-state index in [2.05, 4.69) is 15.7 Å². The third-order valence-corrected chi connectivity index (χ3v) is 3.59. The first kappa shape index (κ1) is 17.3. The van der Waals surface area contributed by atoms with E-state index in [0.717, 1.165) is 16.7 Å². The summed E-state index contributed by atoms with van der Waals surface area (Å²) >= 11 is 0. The van der Waals surface area contributed by atoms with Gasteiger partial charge in [-0.3, -0.25) is 9.59 Å². The highest BCUT2D eigenvalue weighted by Crippen LogP contribution is 2.20. The largest absolute Gasteiger partial charge is 0.427 e. The summed E-state index contributed by atoms with van der Waals surface area (Å²) in [4.78, 5) is 25.7. The van der Waals surface area contributed by atoms with Crippen LogP contribution in [0.1, 0.15) is 12.5 Å². The van der Waals surface area contributed by atoms with E-state index in [9.17, 15) is 9.59 Å². The van der Waals surface area contributed by atoms with Gasteiger partial charge in [0.25, 0.3) is 13.1 Å². The van der Waals surface area contributed by atoms with Gasteiger partial charge in [0.1, 0.15) is 0 Å². The minimum absolute atomic E-state index is 0.140. The smallest absolute Gasteiger partial charge is 0.305 e. The molecule has 26 heavy (non-hydrogen) atoms. The fraction of sp³-hybridized carbons (Fsp3) is 0.167. The molecule has 1 N–H and O–H groups in total. The van der Waals surface area contributed by atoms with Crippen molar-refractivity contribution in [3.63, 3.8) is 0 Å². The van der Waals surface area contributed by atoms with Gasteiger partial charge in [-0.25, -0.2) is 0 Å². The summed E-state index contributed by atoms with van der Waals surface area (Å²) in [5.74, 6) is -0.692. The van der Waals surface area contributed by atoms with E-state index in [0.29, 0.717) is 0 Å². The van der Waals surface area contributed by atoms with Gasteiger partial charge in [-0.15, -0.1) is 0 Å². The number of hydrogen-bond donors (Lipinski definition) is 1. The number of esters is 1. The number of nitrogens with zero attached hydrogens (tertiary/aromatic N) is 4. The van der Waals surface area contributed by atoms with Gasteiger partial charge in [0.15, 0.2) is 0 Å². The SMILES string of the molecule is CC(=O)OC[n+]1nncn1NC(=O)Cc1cccc(-c2ccccc2)c1. The van der Waals surface area contributed by atoms with Crippen LogP contribution in [0.25, 0.3) is 11.1 Å². The molecule has 8 nitrogen and oxygen atoms in total. The van der Waals surface area contributed by atoms with Gasteiger partial charge in [-0.2, -0.15) is 5.43 Å². The number of carbonyl (C=O) groups is 2. The number of rotatable bonds is 6. The number of carbonyl (C=O) groups excluding carboxylic acids is 2. The van der Waals surface area contributed by atoms with Crippen molar-refractivity contribution in [3.05, 3.63) is 66.5 Å². The first-order valence-corrected chi connectivity index (χ1v) is 8.00. The Morgan fingerprint density at radius 3 is 2.65 bits per heavy atom. The molecule has 0 saturated carbocycles. The van der Waals surface area contributed by atoms with Gasteiger partial charge in [0, 0.05) is 12.0 Å². The van der Waals surface area contributed by atoms with Crippen LogP contribution in [0.3, 0.4) is 0 Å². The number of amides is 1. The average Bonchev–Trinajstić information content (AvgIpc) is 3.08. The molecule has 0 spiro atoms. The maximum atomic E-state index is 12.3. The highest BCUT2D eigenvalue weighted by molar-refractivity contribution is 5.85. The Balaban J connectivity index is 1.66. The third-order valence-electron chi connectivity index (χ3n) is 3.59. The summed E-state index contributed by atoms with van der Waals surface area (Å²) in [6, 6.07) is 17.8. The Hall–Kier alpha value is -3.55. The van der Waals surface area contributed by atoms with Crippen LogP contribution < -0.4 is 10.2 Å². The maximum Gasteiger partial charge on any atom is 0.305 e. The minimum atomic E-state index is -0.448. The Morgan fingerprint density at radius 1 is 1.12 bits per heavy atom. The van der Waals surface area contributed by atoms with Crippen molar-refractivity contribution in [3.8, 4) is 11.1 Å². The molecule has 0 unspecified atom stereocenters. The van der Waals surface area contributed by atoms with Crippen molar-refractivity contribution >= 4 is 11.9 Å². The van der Waals surface area contributed by atoms with E-state index < -0.39 is 5.97 Å². The number of hydrogen-bond acceptors (Lipinski definition) is 5. The molecular formula is C18H18N5O3+. The normalized spacial score (nSPS) is 10.3. The molecule has 0 saturated heterocycles. The van der Waals surface area contributed by atoms with Crippen LogP contribution in [0.15, 0.2) is 60.9 Å². The topological polar surface area (TPSA) is 90.0 Å². The molecule has 3 aromatic rings. The monoisotopic (exact) mass is 352 g/mol. The van der Waals surface area contributed by atoms with Crippen molar-refractivity contribution in [2.75, 3.05) is 5.43 Å². The number of nitrogens with one attached hydrogen (secondary N) is 1. The highest BCUT2D eigenvalue weighted by Gasteiger charge is 2.14. The lowest BCUT2D eigenvalue weighted by Gasteiger charge is -2.06. The highest BCUT2D eigenvalue weighted by atomic mass is 16.5. The van der Waals surface area contributed by atoms with Gasteiger partial charge in [-0.1, -0.05) is 54.6 Å². The first-order valence-electron chi connectivity index (χ1n) is 8.00. The van der Waals surface area contributed by atoms with Crippen molar-refractivity contribution in [2.24, 2.45) is 0 Å². The molecule has 2 aromatic carbocycles. The summed E-state index contributed by atoms with van der Waals surface area (Å²) in [5, 5.41) is 7.42. The van der Waals surface area contributed by atoms with E-state index in [1.54, 1.807) is 0 Å². The number of ether oxygens (including phenoxy) is 1. The first-order chi connectivity index (χ1) is 12.6. The van der Waals surface area contributed by atoms with Crippen LogP contribution in [-0.4, -0.2) is 27.0 Å². The zero-order valence-electron chi connectivity index (χ0n) is 14.2. The second kappa shape index (κ2) is 8.02. The van der Waals surface area contributed by atoms with Crippen molar-refractivity contribution in [1.82, 2.24) is 15.1 Å². The summed E-state index contributed by atoms with van der Waals surface area (Å²) in [6.07, 6.45) is 1.51. The number of benzene rings is 2. The quantitative estimate of drug-likeness (QED) is 0.529. The van der Waals surface area contributed by atoms with Crippen LogP contribution in [0.4, 0.5) is 0 Å². The molecule has 0 atom stereocenters. The van der Waals surface area contributed by atoms with Crippen LogP contribution in [0.2, 0.25) is 0 Å². The fourth-order valence-corrected chi connectivity index (χ4v) is 2.40. The second-order valence-corrected chi connectivity index (χ2v) is 5.58. The molecule has 0 fully saturated rings. The van der Waals surface area contributed by atoms with E-state index in [1.165, 1.54) is 22.8 Å². The minimum Gasteiger partial charge on any atom is -0.427 e. The Kier molecular flexibility index (Phi) is 5.33. The second-order valence-electron chi connectivity index (χ2n) is 5.58. The third kappa shape index (κ3) is 4.50. The standard InChI is InChI=1S/C18H17N5O3/c1-14(24)26-13-23-21-19-12-22(23)20-18(25)11-15-6-5-9-17(10-15)16-7-3-2-4-8-16/h2-10,12H,11,13H2,1H3/p+1. The average molecular weight is 352 g/mol. The molecule has 132 valence electrons. The summed E-state index contributed by atoms with van der Waals surface area (Å²) < 4.78 is 4.84. The van der Waals surface area contributed by atoms with Crippen LogP contribution >= 0.6 is 0 Å². The summed E-state index contributed by atoms with van der Waals surface area (Å²) in [6.45, 7) is 1.15. The van der Waals surface area contributed by atoms with Crippen molar-refractivity contribution in [2.45, 2.75) is 20.1 Å². The number of tetrazole rings is 1. The lowest BCUT2D eigenvalue weighted by atomic mass is 10.0. The van der Waals surface area contributed by atoms with Crippen LogP contribution in [0.5, 0.6) is 0 Å². The lowest BCUT2D eigenvalue weighted by molar-refractivity contribution is -0.846. The van der Waals surface area contributed by atoms with E-state index in [4.69, 9.17) is 4.74 Å². The maximum absolute atomic E-state index is 12.3. The van der Waals surface area contributed by atoms with E-state index in [1.807, 2.05) is 54.6 Å². The molecular weight excluding hydrogens is 334 g/mol. The number of aromatic nitrogens is 4. The molecule has 0 bridgehead atoms. The molecule has 1 amide bonds. The fourth-order valence-electron chi connectivity index (χ4n) is 2.40. The van der Waals surface area contributed by atoms with E-state index in [-0.39, 0.29) is 19.1 Å². The van der Waals surface area contributed by atoms with Gasteiger partial charge in [0.05, 0.1) is 11.6 Å². The van der Waals surface area contributed by atoms with Gasteiger partial charge < -0.3 is 4.74 Å². The van der Waals surface area contributed by atoms with Crippen LogP contribution in [0, 0.1) is 0 Å². The molecule has 0 aliphatic heterocycles. The molecule has 0 radical (unpaired) electrons. The van der Waals surface area contributed by atoms with Crippen LogP contribution in [-0.2, 0) is 27.5 Å². The lowest BCUT2D eigenvalue weighted by Crippen LogP contribution is -2.51. The Labute approximate surface area is 150 Å². The molecule has 0 aliphatic rings. The van der Waals surface area contributed by atoms with Gasteiger partial charge in [0.2, 0.25) is 0 Å². The molecule has 1 heterocycles. The molecule has 0 aliphatic carbocycles. The Bertz CT molecular complexity index is 908. The zero-order chi connectivity index (χ0) is 18.4. The molecule has 1 aromatic heterocycles. The zero-order valence-corrected chi connectivity index (χ0v) is 14.2. The van der Waals surface area contributed by atoms with Crippen molar-refractivity contribution in [1.29, 1.82) is 0 Å². The molecule has 8 heteroatoms. The van der Waals surface area contributed by atoms with E-state index >= 15 is 0 Å². The molecule has 3 rings (SSSR count).